The molecule has 1 heterocycles. The van der Waals surface area contributed by atoms with Crippen molar-refractivity contribution in [3.05, 3.63) is 59.2 Å². The fraction of sp³-hybridized carbons (Fsp3) is 0.304. The maximum absolute atomic E-state index is 12.1. The van der Waals surface area contributed by atoms with Gasteiger partial charge in [-0.15, -0.1) is 0 Å². The highest BCUT2D eigenvalue weighted by molar-refractivity contribution is 5.97. The van der Waals surface area contributed by atoms with Crippen LogP contribution in [0.2, 0.25) is 0 Å². The molecule has 1 saturated heterocycles. The normalized spacial score (nSPS) is 13.1. The summed E-state index contributed by atoms with van der Waals surface area (Å²) in [5.74, 6) is -1.54. The number of carbonyl (C=O) groups excluding carboxylic acids is 4. The Morgan fingerprint density at radius 3 is 2.29 bits per heavy atom. The van der Waals surface area contributed by atoms with Crippen LogP contribution in [0.4, 0.5) is 11.4 Å². The van der Waals surface area contributed by atoms with Crippen molar-refractivity contribution in [2.75, 3.05) is 29.9 Å². The lowest BCUT2D eigenvalue weighted by molar-refractivity contribution is -0.126. The average Bonchev–Trinajstić information content (AvgIpc) is 3.19. The summed E-state index contributed by atoms with van der Waals surface area (Å²) >= 11 is 0. The Labute approximate surface area is 180 Å². The van der Waals surface area contributed by atoms with Crippen molar-refractivity contribution in [2.24, 2.45) is 0 Å². The molecule has 8 nitrogen and oxygen atoms in total. The number of rotatable bonds is 7. The molecule has 31 heavy (non-hydrogen) atoms. The number of aryl methyl sites for hydroxylation is 2. The lowest BCUT2D eigenvalue weighted by Crippen LogP contribution is -2.35. The van der Waals surface area contributed by atoms with Crippen LogP contribution in [-0.2, 0) is 19.1 Å². The summed E-state index contributed by atoms with van der Waals surface area (Å²) in [6.45, 7) is 3.71. The number of nitrogens with one attached hydrogen (secondary N) is 2. The number of amides is 3. The third-order valence-corrected chi connectivity index (χ3v) is 5.01. The van der Waals surface area contributed by atoms with Crippen LogP contribution >= 0.6 is 0 Å². The molecule has 1 fully saturated rings. The third-order valence-electron chi connectivity index (χ3n) is 5.01. The molecule has 0 bridgehead atoms. The van der Waals surface area contributed by atoms with Crippen molar-refractivity contribution in [1.29, 1.82) is 0 Å². The minimum Gasteiger partial charge on any atom is -0.452 e. The van der Waals surface area contributed by atoms with Crippen LogP contribution in [0.3, 0.4) is 0 Å². The summed E-state index contributed by atoms with van der Waals surface area (Å²) in [7, 11) is 0. The van der Waals surface area contributed by atoms with Crippen LogP contribution in [0.15, 0.2) is 42.5 Å². The predicted molar refractivity (Wildman–Crippen MR) is 116 cm³/mol. The molecule has 0 saturated carbocycles. The van der Waals surface area contributed by atoms with Crippen molar-refractivity contribution in [1.82, 2.24) is 5.32 Å². The zero-order valence-electron chi connectivity index (χ0n) is 17.6. The van der Waals surface area contributed by atoms with Gasteiger partial charge in [-0.05, 0) is 55.7 Å². The summed E-state index contributed by atoms with van der Waals surface area (Å²) in [6.07, 6.45) is 1.35. The number of carbonyl (C=O) groups is 4. The lowest BCUT2D eigenvalue weighted by Gasteiger charge is -2.15. The van der Waals surface area contributed by atoms with Crippen molar-refractivity contribution in [2.45, 2.75) is 26.7 Å². The minimum absolute atomic E-state index is 0.0635. The first-order chi connectivity index (χ1) is 14.8. The molecule has 3 amide bonds. The zero-order chi connectivity index (χ0) is 22.4. The van der Waals surface area contributed by atoms with Crippen molar-refractivity contribution >= 4 is 35.1 Å². The van der Waals surface area contributed by atoms with Gasteiger partial charge < -0.3 is 20.3 Å². The number of ether oxygens (including phenoxy) is 1. The van der Waals surface area contributed by atoms with E-state index in [1.54, 1.807) is 29.2 Å². The van der Waals surface area contributed by atoms with E-state index in [1.807, 2.05) is 32.0 Å². The van der Waals surface area contributed by atoms with E-state index >= 15 is 0 Å². The molecule has 0 atom stereocenters. The quantitative estimate of drug-likeness (QED) is 0.665. The summed E-state index contributed by atoms with van der Waals surface area (Å²) in [4.78, 5) is 49.6. The molecule has 0 aromatic heterocycles. The first-order valence-corrected chi connectivity index (χ1v) is 10.1. The number of esters is 1. The Hall–Kier alpha value is -3.68. The molecule has 0 radical (unpaired) electrons. The second-order valence-corrected chi connectivity index (χ2v) is 7.36. The first-order valence-electron chi connectivity index (χ1n) is 10.1. The van der Waals surface area contributed by atoms with E-state index in [0.29, 0.717) is 18.7 Å². The largest absolute Gasteiger partial charge is 0.452 e. The van der Waals surface area contributed by atoms with Gasteiger partial charge in [-0.3, -0.25) is 14.4 Å². The fourth-order valence-electron chi connectivity index (χ4n) is 3.34. The van der Waals surface area contributed by atoms with E-state index in [2.05, 4.69) is 10.6 Å². The molecule has 162 valence electrons. The topological polar surface area (TPSA) is 105 Å². The maximum Gasteiger partial charge on any atom is 0.338 e. The molecule has 2 N–H and O–H groups in total. The Balaban J connectivity index is 1.43. The first kappa shape index (κ1) is 22.0. The fourth-order valence-corrected chi connectivity index (χ4v) is 3.34. The van der Waals surface area contributed by atoms with Gasteiger partial charge in [0, 0.05) is 24.3 Å². The van der Waals surface area contributed by atoms with Gasteiger partial charge in [-0.1, -0.05) is 18.2 Å². The Bertz CT molecular complexity index is 981. The van der Waals surface area contributed by atoms with Gasteiger partial charge in [0.05, 0.1) is 12.1 Å². The van der Waals surface area contributed by atoms with Gasteiger partial charge in [0.1, 0.15) is 0 Å². The van der Waals surface area contributed by atoms with Crippen molar-refractivity contribution < 1.29 is 23.9 Å². The van der Waals surface area contributed by atoms with Crippen LogP contribution in [0.1, 0.15) is 34.3 Å². The molecule has 3 rings (SSSR count). The highest BCUT2D eigenvalue weighted by Crippen LogP contribution is 2.22. The molecule has 1 aliphatic heterocycles. The van der Waals surface area contributed by atoms with E-state index in [-0.39, 0.29) is 23.9 Å². The molecule has 2 aromatic carbocycles. The number of benzene rings is 2. The molecule has 0 aliphatic carbocycles. The Morgan fingerprint density at radius 2 is 1.68 bits per heavy atom. The van der Waals surface area contributed by atoms with Crippen LogP contribution in [0.25, 0.3) is 0 Å². The van der Waals surface area contributed by atoms with E-state index in [4.69, 9.17) is 4.74 Å². The lowest BCUT2D eigenvalue weighted by atomic mass is 10.1. The molecule has 8 heteroatoms. The highest BCUT2D eigenvalue weighted by Gasteiger charge is 2.22. The number of hydrogen-bond acceptors (Lipinski definition) is 5. The van der Waals surface area contributed by atoms with Crippen LogP contribution in [0.5, 0.6) is 0 Å². The highest BCUT2D eigenvalue weighted by atomic mass is 16.5. The van der Waals surface area contributed by atoms with Crippen LogP contribution < -0.4 is 15.5 Å². The molecular weight excluding hydrogens is 398 g/mol. The van der Waals surface area contributed by atoms with Gasteiger partial charge >= 0.3 is 5.97 Å². The summed E-state index contributed by atoms with van der Waals surface area (Å²) in [5, 5.41) is 5.19. The monoisotopic (exact) mass is 423 g/mol. The molecule has 2 aromatic rings. The summed E-state index contributed by atoms with van der Waals surface area (Å²) < 4.78 is 5.00. The van der Waals surface area contributed by atoms with E-state index in [9.17, 15) is 19.2 Å². The maximum atomic E-state index is 12.1. The molecule has 1 aliphatic rings. The summed E-state index contributed by atoms with van der Waals surface area (Å²) in [5.41, 5.74) is 3.57. The van der Waals surface area contributed by atoms with Gasteiger partial charge in [0.15, 0.2) is 6.61 Å². The van der Waals surface area contributed by atoms with Gasteiger partial charge in [0.25, 0.3) is 5.91 Å². The van der Waals surface area contributed by atoms with E-state index in [0.717, 1.165) is 23.2 Å². The number of anilines is 2. The molecule has 0 unspecified atom stereocenters. The minimum atomic E-state index is -0.658. The van der Waals surface area contributed by atoms with Gasteiger partial charge in [-0.2, -0.15) is 0 Å². The smallest absolute Gasteiger partial charge is 0.338 e. The average molecular weight is 423 g/mol. The number of hydrogen-bond donors (Lipinski definition) is 2. The number of para-hydroxylation sites is 1. The Kier molecular flexibility index (Phi) is 7.02. The summed E-state index contributed by atoms with van der Waals surface area (Å²) in [6, 6.07) is 12.1. The zero-order valence-corrected chi connectivity index (χ0v) is 17.6. The van der Waals surface area contributed by atoms with Gasteiger partial charge in [-0.25, -0.2) is 4.79 Å². The van der Waals surface area contributed by atoms with E-state index < -0.39 is 18.5 Å². The number of nitrogens with zero attached hydrogens (tertiary/aromatic N) is 1. The second-order valence-electron chi connectivity index (χ2n) is 7.36. The molecule has 0 spiro atoms. The molecular formula is C23H25N3O5. The second kappa shape index (κ2) is 9.88. The standard InChI is InChI=1S/C23H25N3O5/c1-15-5-3-6-16(2)22(15)25-19(27)13-24-20(28)14-31-23(30)17-8-10-18(11-9-17)26-12-4-7-21(26)29/h3,5-6,8-11H,4,7,12-14H2,1-2H3,(H,24,28)(H,25,27). The van der Waals surface area contributed by atoms with E-state index in [1.165, 1.54) is 0 Å². The van der Waals surface area contributed by atoms with Crippen molar-refractivity contribution in [3.8, 4) is 0 Å². The van der Waals surface area contributed by atoms with Crippen LogP contribution in [0, 0.1) is 13.8 Å². The van der Waals surface area contributed by atoms with Gasteiger partial charge in [0.2, 0.25) is 11.8 Å². The van der Waals surface area contributed by atoms with Crippen molar-refractivity contribution in [3.63, 3.8) is 0 Å². The Morgan fingerprint density at radius 1 is 1.00 bits per heavy atom. The predicted octanol–water partition coefficient (Wildman–Crippen LogP) is 2.34. The van der Waals surface area contributed by atoms with Crippen LogP contribution in [-0.4, -0.2) is 43.4 Å². The third kappa shape index (κ3) is 5.69. The SMILES string of the molecule is Cc1cccc(C)c1NC(=O)CNC(=O)COC(=O)c1ccc(N2CCCC2=O)cc1.